The van der Waals surface area contributed by atoms with Crippen LogP contribution in [0.15, 0.2) is 0 Å². The van der Waals surface area contributed by atoms with Crippen molar-refractivity contribution in [2.45, 2.75) is 25.7 Å². The molecule has 0 saturated heterocycles. The van der Waals surface area contributed by atoms with E-state index in [1.165, 1.54) is 0 Å². The number of hydrogen-bond acceptors (Lipinski definition) is 0. The predicted octanol–water partition coefficient (Wildman–Crippen LogP) is 4.49. The number of hydrogen-bond donors (Lipinski definition) is 0. The normalized spacial score (nSPS) is 9.47. The second-order valence-corrected chi connectivity index (χ2v) is 3.76. The van der Waals surface area contributed by atoms with E-state index in [9.17, 15) is 0 Å². The third-order valence-corrected chi connectivity index (χ3v) is 1.97. The quantitative estimate of drug-likeness (QED) is 0.471. The fourth-order valence-electron chi connectivity index (χ4n) is 0.987. The van der Waals surface area contributed by atoms with Gasteiger partial charge in [0.25, 0.3) is 0 Å². The van der Waals surface area contributed by atoms with Crippen molar-refractivity contribution in [3.8, 4) is 0 Å². The van der Waals surface area contributed by atoms with Gasteiger partial charge in [-0.05, 0) is 0 Å². The van der Waals surface area contributed by atoms with Crippen molar-refractivity contribution in [3.05, 3.63) is 33.6 Å². The van der Waals surface area contributed by atoms with E-state index in [4.69, 9.17) is 22.9 Å². The minimum Gasteiger partial charge on any atom is -0.677 e. The van der Waals surface area contributed by atoms with Crippen molar-refractivity contribution < 1.29 is 16.8 Å². The van der Waals surface area contributed by atoms with Crippen LogP contribution < -0.4 is 0 Å². The van der Waals surface area contributed by atoms with Crippen molar-refractivity contribution in [2.75, 3.05) is 52.4 Å². The van der Waals surface area contributed by atoms with Gasteiger partial charge in [-0.1, -0.05) is 25.7 Å². The van der Waals surface area contributed by atoms with Crippen molar-refractivity contribution in [3.63, 3.8) is 0 Å². The van der Waals surface area contributed by atoms with E-state index in [0.29, 0.717) is 26.2 Å². The molecule has 0 aromatic rings. The van der Waals surface area contributed by atoms with Gasteiger partial charge in [0.05, 0.1) is 0 Å². The van der Waals surface area contributed by atoms with E-state index < -0.39 is 0 Å². The fourth-order valence-corrected chi connectivity index (χ4v) is 0.987. The molecule has 19 heavy (non-hydrogen) atoms. The second-order valence-electron chi connectivity index (χ2n) is 3.76. The molecule has 0 saturated carbocycles. The van der Waals surface area contributed by atoms with Crippen molar-refractivity contribution in [2.24, 2.45) is 0 Å². The molecule has 0 aromatic carbocycles. The Bertz CT molecular complexity index is 103. The fraction of sp³-hybridized carbons (Fsp3) is 1.00. The Balaban J connectivity index is -0.000000256. The van der Waals surface area contributed by atoms with Gasteiger partial charge in [-0.2, -0.15) is 52.4 Å². The molecule has 0 aliphatic rings. The van der Waals surface area contributed by atoms with Gasteiger partial charge in [0, 0.05) is 0 Å². The molecule has 0 bridgehead atoms. The Morgan fingerprint density at radius 1 is 0.474 bits per heavy atom. The maximum Gasteiger partial charge on any atom is 3.00 e. The summed E-state index contributed by atoms with van der Waals surface area (Å²) in [4.78, 5) is 0. The second kappa shape index (κ2) is 26.8. The first-order chi connectivity index (χ1) is 8.83. The summed E-state index contributed by atoms with van der Waals surface area (Å²) in [6, 6.07) is 0. The summed E-state index contributed by atoms with van der Waals surface area (Å²) in [6.07, 6.45) is 3.49. The van der Waals surface area contributed by atoms with Gasteiger partial charge in [-0.15, -0.1) is 0 Å². The molecule has 7 heteroatoms. The molecular formula is C12H28CoN6-3. The zero-order valence-corrected chi connectivity index (χ0v) is 12.8. The molecule has 0 aliphatic heterocycles. The molecular weight excluding hydrogens is 287 g/mol. The van der Waals surface area contributed by atoms with Gasteiger partial charge in [0.15, 0.2) is 0 Å². The molecule has 0 fully saturated rings. The number of nitrogens with zero attached hydrogens (tertiary/aromatic N) is 2. The third-order valence-electron chi connectivity index (χ3n) is 1.97. The number of rotatable bonds is 12. The van der Waals surface area contributed by atoms with Crippen molar-refractivity contribution in [1.82, 2.24) is 0 Å². The molecule has 0 amide bonds. The Kier molecular flexibility index (Phi) is 34.2. The van der Waals surface area contributed by atoms with Gasteiger partial charge in [-0.3, -0.25) is 0 Å². The van der Waals surface area contributed by atoms with E-state index in [1.54, 1.807) is 0 Å². The first-order valence-corrected chi connectivity index (χ1v) is 6.68. The van der Waals surface area contributed by atoms with E-state index >= 15 is 0 Å². The maximum absolute atomic E-state index is 6.79. The van der Waals surface area contributed by atoms with Crippen LogP contribution >= 0.6 is 0 Å². The van der Waals surface area contributed by atoms with Crippen molar-refractivity contribution in [1.29, 1.82) is 0 Å². The zero-order valence-electron chi connectivity index (χ0n) is 11.7. The molecule has 6 nitrogen and oxygen atoms in total. The van der Waals surface area contributed by atoms with Crippen LogP contribution in [0.3, 0.4) is 0 Å². The van der Waals surface area contributed by atoms with E-state index in [2.05, 4.69) is 10.6 Å². The zero-order chi connectivity index (χ0) is 13.9. The van der Waals surface area contributed by atoms with Gasteiger partial charge in [-0.25, -0.2) is 0 Å². The topological polar surface area (TPSA) is 123 Å². The minimum absolute atomic E-state index is 0. The average molecular weight is 315 g/mol. The van der Waals surface area contributed by atoms with Crippen LogP contribution in [-0.2, 0) is 16.8 Å². The smallest absolute Gasteiger partial charge is 0.677 e. The summed E-state index contributed by atoms with van der Waals surface area (Å²) in [5, 5.41) is 8.22. The first-order valence-electron chi connectivity index (χ1n) is 6.68. The maximum atomic E-state index is 6.79. The summed E-state index contributed by atoms with van der Waals surface area (Å²) < 4.78 is 0. The van der Waals surface area contributed by atoms with Crippen LogP contribution in [0.5, 0.6) is 0 Å². The van der Waals surface area contributed by atoms with Crippen molar-refractivity contribution >= 4 is 0 Å². The van der Waals surface area contributed by atoms with Crippen LogP contribution in [0.4, 0.5) is 0 Å². The third kappa shape index (κ3) is 32.1. The summed E-state index contributed by atoms with van der Waals surface area (Å²) in [7, 11) is 0. The molecule has 0 aromatic heterocycles. The van der Waals surface area contributed by atoms with Gasteiger partial charge in [0.1, 0.15) is 0 Å². The van der Waals surface area contributed by atoms with Crippen LogP contribution in [0.1, 0.15) is 25.7 Å². The monoisotopic (exact) mass is 315 g/mol. The summed E-state index contributed by atoms with van der Waals surface area (Å²) in [5.74, 6) is 0. The Morgan fingerprint density at radius 3 is 0.842 bits per heavy atom. The predicted molar refractivity (Wildman–Crippen MR) is 81.4 cm³/mol. The molecule has 0 spiro atoms. The van der Waals surface area contributed by atoms with Crippen LogP contribution in [0.2, 0.25) is 0 Å². The van der Waals surface area contributed by atoms with Crippen LogP contribution in [0, 0.1) is 0 Å². The average Bonchev–Trinajstić information content (AvgIpc) is 2.39. The largest absolute Gasteiger partial charge is 3.00 e. The molecule has 0 heterocycles. The van der Waals surface area contributed by atoms with E-state index in [-0.39, 0.29) is 16.8 Å². The van der Waals surface area contributed by atoms with Crippen LogP contribution in [-0.4, -0.2) is 52.4 Å². The van der Waals surface area contributed by atoms with Gasteiger partial charge >= 0.3 is 16.8 Å². The molecule has 4 N–H and O–H groups in total. The molecule has 0 aliphatic carbocycles. The SMILES string of the molecule is [Co+3].[NH-]CCC[N-]CCC[NH-].[NH-]CCC[N-]CCC[NH-]. The molecule has 0 rings (SSSR count). The number of nitrogens with one attached hydrogen (secondary N) is 4. The molecule has 0 unspecified atom stereocenters. The standard InChI is InChI=1S/2C6H14N3.Co/c2*7-3-1-5-9-6-2-4-8;/h2*7-8H,1-6H2;/q2*-3;+3. The van der Waals surface area contributed by atoms with Gasteiger partial charge < -0.3 is 33.6 Å². The summed E-state index contributed by atoms with van der Waals surface area (Å²) in [5.41, 5.74) is 27.1. The Labute approximate surface area is 129 Å². The molecule has 0 atom stereocenters. The van der Waals surface area contributed by atoms with Gasteiger partial charge in [0.2, 0.25) is 0 Å². The Hall–Kier alpha value is 0.266. The van der Waals surface area contributed by atoms with E-state index in [0.717, 1.165) is 51.9 Å². The summed E-state index contributed by atoms with van der Waals surface area (Å²) in [6.45, 7) is 5.14. The Morgan fingerprint density at radius 2 is 0.684 bits per heavy atom. The minimum atomic E-state index is 0. The molecule has 118 valence electrons. The first kappa shape index (κ1) is 24.3. The van der Waals surface area contributed by atoms with E-state index in [1.807, 2.05) is 0 Å². The molecule has 0 radical (unpaired) electrons. The van der Waals surface area contributed by atoms with Crippen LogP contribution in [0.25, 0.3) is 33.6 Å². The summed E-state index contributed by atoms with van der Waals surface area (Å²) >= 11 is 0.